The quantitative estimate of drug-likeness (QED) is 0.446. The van der Waals surface area contributed by atoms with Gasteiger partial charge in [-0.3, -0.25) is 19.3 Å². The van der Waals surface area contributed by atoms with Crippen molar-refractivity contribution >= 4 is 11.8 Å². The molecule has 0 bridgehead atoms. The number of piperidine rings is 1. The van der Waals surface area contributed by atoms with Gasteiger partial charge < -0.3 is 10.2 Å². The van der Waals surface area contributed by atoms with Crippen LogP contribution in [0.3, 0.4) is 0 Å². The molecular formula is C29H29N5O2. The summed E-state index contributed by atoms with van der Waals surface area (Å²) in [5, 5.41) is 7.98. The molecule has 7 nitrogen and oxygen atoms in total. The number of hydrogen-bond acceptors (Lipinski definition) is 4. The Morgan fingerprint density at radius 3 is 2.33 bits per heavy atom. The summed E-state index contributed by atoms with van der Waals surface area (Å²) in [4.78, 5) is 32.0. The summed E-state index contributed by atoms with van der Waals surface area (Å²) in [6, 6.07) is 21.6. The standard InChI is InChI=1S/C29H29N5O2/c1-21-7-9-23(10-8-21)27-26(20-34(32-27)19-22-5-3-2-4-6-22)28(35)31-25-13-17-33(18-14-25)29(36)24-11-15-30-16-12-24/h2-12,15-16,20,25H,13-14,17-19H2,1H3,(H,31,35). The highest BCUT2D eigenvalue weighted by Gasteiger charge is 2.26. The van der Waals surface area contributed by atoms with E-state index in [1.807, 2.05) is 77.3 Å². The second-order valence-electron chi connectivity index (χ2n) is 9.22. The number of benzene rings is 2. The first kappa shape index (κ1) is 23.5. The van der Waals surface area contributed by atoms with Crippen LogP contribution in [0, 0.1) is 6.92 Å². The van der Waals surface area contributed by atoms with Crippen LogP contribution in [0.2, 0.25) is 0 Å². The molecule has 0 atom stereocenters. The third-order valence-electron chi connectivity index (χ3n) is 6.56. The van der Waals surface area contributed by atoms with Gasteiger partial charge in [-0.2, -0.15) is 5.10 Å². The molecule has 4 aromatic rings. The van der Waals surface area contributed by atoms with E-state index in [0.29, 0.717) is 49.3 Å². The molecule has 1 fully saturated rings. The van der Waals surface area contributed by atoms with Crippen molar-refractivity contribution in [1.82, 2.24) is 25.0 Å². The highest BCUT2D eigenvalue weighted by Crippen LogP contribution is 2.24. The van der Waals surface area contributed by atoms with E-state index >= 15 is 0 Å². The average Bonchev–Trinajstić information content (AvgIpc) is 3.34. The van der Waals surface area contributed by atoms with Gasteiger partial charge in [0.1, 0.15) is 5.69 Å². The lowest BCUT2D eigenvalue weighted by atomic mass is 10.0. The summed E-state index contributed by atoms with van der Waals surface area (Å²) in [5.74, 6) is -0.130. The smallest absolute Gasteiger partial charge is 0.255 e. The highest BCUT2D eigenvalue weighted by molar-refractivity contribution is 6.00. The zero-order valence-corrected chi connectivity index (χ0v) is 20.3. The van der Waals surface area contributed by atoms with E-state index in [1.165, 1.54) is 0 Å². The maximum atomic E-state index is 13.4. The summed E-state index contributed by atoms with van der Waals surface area (Å²) >= 11 is 0. The number of pyridine rings is 1. The zero-order chi connectivity index (χ0) is 24.9. The topological polar surface area (TPSA) is 80.1 Å². The van der Waals surface area contributed by atoms with Crippen molar-refractivity contribution in [3.05, 3.63) is 108 Å². The Bertz CT molecular complexity index is 1330. The van der Waals surface area contributed by atoms with Crippen molar-refractivity contribution in [1.29, 1.82) is 0 Å². The lowest BCUT2D eigenvalue weighted by Crippen LogP contribution is -2.46. The molecule has 0 radical (unpaired) electrons. The van der Waals surface area contributed by atoms with Gasteiger partial charge in [-0.25, -0.2) is 0 Å². The molecule has 36 heavy (non-hydrogen) atoms. The van der Waals surface area contributed by atoms with Gasteiger partial charge in [-0.1, -0.05) is 60.2 Å². The van der Waals surface area contributed by atoms with E-state index in [0.717, 1.165) is 16.7 Å². The lowest BCUT2D eigenvalue weighted by Gasteiger charge is -2.32. The Hall–Kier alpha value is -4.26. The second kappa shape index (κ2) is 10.6. The lowest BCUT2D eigenvalue weighted by molar-refractivity contribution is 0.0698. The summed E-state index contributed by atoms with van der Waals surface area (Å²) in [5.41, 5.74) is 5.06. The molecule has 0 spiro atoms. The Morgan fingerprint density at radius 1 is 0.944 bits per heavy atom. The van der Waals surface area contributed by atoms with E-state index in [1.54, 1.807) is 24.5 Å². The molecule has 0 aliphatic carbocycles. The van der Waals surface area contributed by atoms with Crippen molar-refractivity contribution in [2.45, 2.75) is 32.4 Å². The van der Waals surface area contributed by atoms with Gasteiger partial charge in [0.15, 0.2) is 0 Å². The molecule has 2 aromatic heterocycles. The zero-order valence-electron chi connectivity index (χ0n) is 20.3. The van der Waals surface area contributed by atoms with Gasteiger partial charge in [-0.15, -0.1) is 0 Å². The Morgan fingerprint density at radius 2 is 1.64 bits per heavy atom. The number of nitrogens with zero attached hydrogens (tertiary/aromatic N) is 4. The SMILES string of the molecule is Cc1ccc(-c2nn(Cc3ccccc3)cc2C(=O)NC2CCN(C(=O)c3ccncc3)CC2)cc1. The van der Waals surface area contributed by atoms with Crippen LogP contribution in [0.4, 0.5) is 0 Å². The van der Waals surface area contributed by atoms with Crippen LogP contribution >= 0.6 is 0 Å². The van der Waals surface area contributed by atoms with Crippen LogP contribution in [-0.2, 0) is 6.54 Å². The predicted molar refractivity (Wildman–Crippen MR) is 139 cm³/mol. The van der Waals surface area contributed by atoms with Crippen molar-refractivity contribution in [2.24, 2.45) is 0 Å². The van der Waals surface area contributed by atoms with Crippen LogP contribution in [0.5, 0.6) is 0 Å². The van der Waals surface area contributed by atoms with Gasteiger partial charge in [0, 0.05) is 48.8 Å². The normalized spacial score (nSPS) is 14.0. The molecule has 2 aromatic carbocycles. The first-order chi connectivity index (χ1) is 17.6. The van der Waals surface area contributed by atoms with Crippen LogP contribution < -0.4 is 5.32 Å². The summed E-state index contributed by atoms with van der Waals surface area (Å²) in [7, 11) is 0. The average molecular weight is 480 g/mol. The molecular weight excluding hydrogens is 450 g/mol. The van der Waals surface area contributed by atoms with Gasteiger partial charge in [0.25, 0.3) is 11.8 Å². The van der Waals surface area contributed by atoms with Crippen LogP contribution in [0.25, 0.3) is 11.3 Å². The van der Waals surface area contributed by atoms with E-state index in [2.05, 4.69) is 10.3 Å². The number of likely N-dealkylation sites (tertiary alicyclic amines) is 1. The second-order valence-corrected chi connectivity index (χ2v) is 9.22. The molecule has 1 aliphatic rings. The molecule has 5 rings (SSSR count). The number of carbonyl (C=O) groups excluding carboxylic acids is 2. The molecule has 1 saturated heterocycles. The van der Waals surface area contributed by atoms with E-state index in [9.17, 15) is 9.59 Å². The van der Waals surface area contributed by atoms with Gasteiger partial charge in [0.2, 0.25) is 0 Å². The monoisotopic (exact) mass is 479 g/mol. The van der Waals surface area contributed by atoms with E-state index in [-0.39, 0.29) is 17.9 Å². The Kier molecular flexibility index (Phi) is 6.89. The minimum atomic E-state index is -0.135. The predicted octanol–water partition coefficient (Wildman–Crippen LogP) is 4.34. The summed E-state index contributed by atoms with van der Waals surface area (Å²) in [6.45, 7) is 3.83. The first-order valence-corrected chi connectivity index (χ1v) is 12.3. The number of amides is 2. The number of rotatable bonds is 6. The summed E-state index contributed by atoms with van der Waals surface area (Å²) < 4.78 is 1.83. The molecule has 182 valence electrons. The number of aryl methyl sites for hydroxylation is 1. The van der Waals surface area contributed by atoms with Crippen LogP contribution in [-0.4, -0.2) is 50.6 Å². The fourth-order valence-corrected chi connectivity index (χ4v) is 4.53. The highest BCUT2D eigenvalue weighted by atomic mass is 16.2. The number of carbonyl (C=O) groups is 2. The fraction of sp³-hybridized carbons (Fsp3) is 0.241. The molecule has 0 saturated carbocycles. The maximum absolute atomic E-state index is 13.4. The Labute approximate surface area is 210 Å². The van der Waals surface area contributed by atoms with E-state index in [4.69, 9.17) is 5.10 Å². The maximum Gasteiger partial charge on any atom is 0.255 e. The van der Waals surface area contributed by atoms with Crippen molar-refractivity contribution in [3.63, 3.8) is 0 Å². The molecule has 0 unspecified atom stereocenters. The minimum Gasteiger partial charge on any atom is -0.349 e. The number of aromatic nitrogens is 3. The van der Waals surface area contributed by atoms with E-state index < -0.39 is 0 Å². The molecule has 2 amide bonds. The number of nitrogens with one attached hydrogen (secondary N) is 1. The largest absolute Gasteiger partial charge is 0.349 e. The van der Waals surface area contributed by atoms with Crippen molar-refractivity contribution in [3.8, 4) is 11.3 Å². The summed E-state index contributed by atoms with van der Waals surface area (Å²) in [6.07, 6.45) is 6.51. The third-order valence-corrected chi connectivity index (χ3v) is 6.56. The van der Waals surface area contributed by atoms with Crippen molar-refractivity contribution < 1.29 is 9.59 Å². The molecule has 1 N–H and O–H groups in total. The van der Waals surface area contributed by atoms with Crippen molar-refractivity contribution in [2.75, 3.05) is 13.1 Å². The molecule has 3 heterocycles. The van der Waals surface area contributed by atoms with Crippen LogP contribution in [0.15, 0.2) is 85.3 Å². The van der Waals surface area contributed by atoms with Gasteiger partial charge in [-0.05, 0) is 37.5 Å². The molecule has 1 aliphatic heterocycles. The molecule has 7 heteroatoms. The Balaban J connectivity index is 1.30. The fourth-order valence-electron chi connectivity index (χ4n) is 4.53. The minimum absolute atomic E-state index is 0.00216. The van der Waals surface area contributed by atoms with Crippen LogP contribution in [0.1, 0.15) is 44.7 Å². The van der Waals surface area contributed by atoms with Gasteiger partial charge in [0.05, 0.1) is 12.1 Å². The third kappa shape index (κ3) is 5.35. The first-order valence-electron chi connectivity index (χ1n) is 12.3. The number of hydrogen-bond donors (Lipinski definition) is 1. The van der Waals surface area contributed by atoms with Gasteiger partial charge >= 0.3 is 0 Å².